The summed E-state index contributed by atoms with van der Waals surface area (Å²) in [6.45, 7) is 3.29. The quantitative estimate of drug-likeness (QED) is 0.908. The molecule has 1 aliphatic heterocycles. The molecule has 1 fully saturated rings. The van der Waals surface area contributed by atoms with E-state index in [0.29, 0.717) is 15.6 Å². The highest BCUT2D eigenvalue weighted by Crippen LogP contribution is 2.43. The Bertz CT molecular complexity index is 467. The lowest BCUT2D eigenvalue weighted by molar-refractivity contribution is -0.165. The summed E-state index contributed by atoms with van der Waals surface area (Å²) in [5.74, 6) is -2.10. The maximum absolute atomic E-state index is 11.2. The minimum absolute atomic E-state index is 0.361. The van der Waals surface area contributed by atoms with Crippen LogP contribution in [-0.4, -0.2) is 23.0 Å². The first-order chi connectivity index (χ1) is 8.32. The van der Waals surface area contributed by atoms with Crippen molar-refractivity contribution < 1.29 is 19.4 Å². The van der Waals surface area contributed by atoms with E-state index < -0.39 is 24.0 Å². The second kappa shape index (κ2) is 4.70. The van der Waals surface area contributed by atoms with Crippen LogP contribution in [0.2, 0.25) is 10.0 Å². The Morgan fingerprint density at radius 3 is 2.33 bits per heavy atom. The van der Waals surface area contributed by atoms with Gasteiger partial charge in [-0.1, -0.05) is 29.3 Å². The molecular weight excluding hydrogens is 279 g/mol. The van der Waals surface area contributed by atoms with E-state index in [1.807, 2.05) is 0 Å². The molecule has 98 valence electrons. The third kappa shape index (κ3) is 2.47. The predicted molar refractivity (Wildman–Crippen MR) is 66.9 cm³/mol. The van der Waals surface area contributed by atoms with Crippen LogP contribution in [0.5, 0.6) is 0 Å². The van der Waals surface area contributed by atoms with E-state index in [1.54, 1.807) is 32.0 Å². The van der Waals surface area contributed by atoms with Gasteiger partial charge < -0.3 is 14.6 Å². The van der Waals surface area contributed by atoms with E-state index in [0.717, 1.165) is 0 Å². The number of aliphatic carboxylic acids is 1. The van der Waals surface area contributed by atoms with Crippen molar-refractivity contribution in [3.63, 3.8) is 0 Å². The van der Waals surface area contributed by atoms with Gasteiger partial charge >= 0.3 is 5.97 Å². The fraction of sp³-hybridized carbons (Fsp3) is 0.417. The fourth-order valence-electron chi connectivity index (χ4n) is 1.94. The molecule has 0 saturated carbocycles. The largest absolute Gasteiger partial charge is 0.479 e. The summed E-state index contributed by atoms with van der Waals surface area (Å²) in [6.07, 6.45) is -1.95. The molecule has 4 nitrogen and oxygen atoms in total. The van der Waals surface area contributed by atoms with E-state index in [-0.39, 0.29) is 0 Å². The van der Waals surface area contributed by atoms with Gasteiger partial charge in [-0.25, -0.2) is 4.79 Å². The zero-order chi connectivity index (χ0) is 13.5. The predicted octanol–water partition coefficient (Wildman–Crippen LogP) is 3.27. The smallest absolute Gasteiger partial charge is 0.336 e. The lowest BCUT2D eigenvalue weighted by atomic mass is 10.0. The van der Waals surface area contributed by atoms with Crippen LogP contribution in [0.3, 0.4) is 0 Å². The van der Waals surface area contributed by atoms with Crippen LogP contribution < -0.4 is 0 Å². The molecule has 1 saturated heterocycles. The van der Waals surface area contributed by atoms with Gasteiger partial charge in [-0.05, 0) is 26.0 Å². The average molecular weight is 291 g/mol. The molecule has 1 N–H and O–H groups in total. The van der Waals surface area contributed by atoms with Crippen LogP contribution in [0.15, 0.2) is 18.2 Å². The van der Waals surface area contributed by atoms with Crippen molar-refractivity contribution in [3.05, 3.63) is 33.8 Å². The van der Waals surface area contributed by atoms with Gasteiger partial charge in [-0.3, -0.25) is 0 Å². The molecule has 0 radical (unpaired) electrons. The Balaban J connectivity index is 2.45. The number of hydrogen-bond acceptors (Lipinski definition) is 3. The minimum atomic E-state index is -1.13. The Hall–Kier alpha value is -0.810. The van der Waals surface area contributed by atoms with Gasteiger partial charge in [-0.2, -0.15) is 0 Å². The maximum Gasteiger partial charge on any atom is 0.336 e. The maximum atomic E-state index is 11.2. The van der Waals surface area contributed by atoms with Crippen LogP contribution in [0, 0.1) is 0 Å². The third-order valence-electron chi connectivity index (χ3n) is 2.62. The summed E-state index contributed by atoms with van der Waals surface area (Å²) >= 11 is 12.1. The van der Waals surface area contributed by atoms with Crippen LogP contribution in [0.4, 0.5) is 0 Å². The molecule has 2 atom stereocenters. The van der Waals surface area contributed by atoms with Crippen molar-refractivity contribution in [2.24, 2.45) is 0 Å². The molecule has 1 aliphatic rings. The van der Waals surface area contributed by atoms with E-state index in [2.05, 4.69) is 0 Å². The van der Waals surface area contributed by atoms with Crippen molar-refractivity contribution in [3.8, 4) is 0 Å². The summed E-state index contributed by atoms with van der Waals surface area (Å²) in [6, 6.07) is 4.96. The molecule has 1 aromatic rings. The number of benzene rings is 1. The van der Waals surface area contributed by atoms with Gasteiger partial charge in [0.25, 0.3) is 0 Å². The van der Waals surface area contributed by atoms with Gasteiger partial charge in [0.05, 0.1) is 0 Å². The summed E-state index contributed by atoms with van der Waals surface area (Å²) in [4.78, 5) is 11.2. The molecule has 0 aliphatic carbocycles. The van der Waals surface area contributed by atoms with Crippen LogP contribution in [0.1, 0.15) is 25.5 Å². The molecule has 0 amide bonds. The van der Waals surface area contributed by atoms with Crippen molar-refractivity contribution in [1.29, 1.82) is 0 Å². The lowest BCUT2D eigenvalue weighted by Gasteiger charge is -2.18. The van der Waals surface area contributed by atoms with Crippen molar-refractivity contribution >= 4 is 29.2 Å². The van der Waals surface area contributed by atoms with Gasteiger partial charge in [0.2, 0.25) is 0 Å². The number of rotatable bonds is 2. The molecule has 0 bridgehead atoms. The summed E-state index contributed by atoms with van der Waals surface area (Å²) < 4.78 is 10.9. The van der Waals surface area contributed by atoms with Crippen molar-refractivity contribution in [1.82, 2.24) is 0 Å². The Kier molecular flexibility index (Phi) is 3.56. The topological polar surface area (TPSA) is 55.8 Å². The zero-order valence-electron chi connectivity index (χ0n) is 9.81. The first-order valence-corrected chi connectivity index (χ1v) is 6.10. The average Bonchev–Trinajstić information content (AvgIpc) is 2.54. The highest BCUT2D eigenvalue weighted by atomic mass is 35.5. The molecule has 0 spiro atoms. The first-order valence-electron chi connectivity index (χ1n) is 5.34. The zero-order valence-corrected chi connectivity index (χ0v) is 11.3. The molecule has 1 aromatic carbocycles. The summed E-state index contributed by atoms with van der Waals surface area (Å²) in [5.41, 5.74) is 0.443. The fourth-order valence-corrected chi connectivity index (χ4v) is 2.55. The first kappa shape index (κ1) is 13.6. The molecule has 18 heavy (non-hydrogen) atoms. The highest BCUT2D eigenvalue weighted by molar-refractivity contribution is 6.36. The molecule has 0 unspecified atom stereocenters. The molecule has 2 rings (SSSR count). The van der Waals surface area contributed by atoms with Gasteiger partial charge in [0.15, 0.2) is 11.9 Å². The number of ether oxygens (including phenoxy) is 2. The normalized spacial score (nSPS) is 26.2. The number of halogens is 2. The van der Waals surface area contributed by atoms with Crippen LogP contribution in [-0.2, 0) is 14.3 Å². The van der Waals surface area contributed by atoms with Crippen LogP contribution >= 0.6 is 23.2 Å². The standard InChI is InChI=1S/C12H12Cl2O4/c1-12(2)17-9(10(18-12)11(15)16)8-6(13)4-3-5-7(8)14/h3-5,9-10H,1-2H3,(H,15,16)/t9-,10+/m0/s1. The Morgan fingerprint density at radius 1 is 1.28 bits per heavy atom. The summed E-state index contributed by atoms with van der Waals surface area (Å²) in [5, 5.41) is 9.89. The lowest BCUT2D eigenvalue weighted by Crippen LogP contribution is -2.27. The van der Waals surface area contributed by atoms with Gasteiger partial charge in [-0.15, -0.1) is 0 Å². The third-order valence-corrected chi connectivity index (χ3v) is 3.28. The summed E-state index contributed by atoms with van der Waals surface area (Å²) in [7, 11) is 0. The van der Waals surface area contributed by atoms with Crippen molar-refractivity contribution in [2.75, 3.05) is 0 Å². The number of carboxylic acids is 1. The monoisotopic (exact) mass is 290 g/mol. The molecular formula is C12H12Cl2O4. The number of carboxylic acid groups (broad SMARTS) is 1. The second-order valence-corrected chi connectivity index (χ2v) is 5.26. The molecule has 6 heteroatoms. The van der Waals surface area contributed by atoms with E-state index in [9.17, 15) is 4.79 Å². The second-order valence-electron chi connectivity index (χ2n) is 4.45. The van der Waals surface area contributed by atoms with E-state index >= 15 is 0 Å². The Morgan fingerprint density at radius 2 is 1.83 bits per heavy atom. The SMILES string of the molecule is CC1(C)O[C@@H](C(=O)O)[C@H](c2c(Cl)cccc2Cl)O1. The highest BCUT2D eigenvalue weighted by Gasteiger charge is 2.47. The number of carbonyl (C=O) groups is 1. The van der Waals surface area contributed by atoms with E-state index in [1.165, 1.54) is 0 Å². The Labute approximate surface area is 114 Å². The number of hydrogen-bond donors (Lipinski definition) is 1. The van der Waals surface area contributed by atoms with Crippen molar-refractivity contribution in [2.45, 2.75) is 31.8 Å². The molecule has 1 heterocycles. The van der Waals surface area contributed by atoms with Crippen LogP contribution in [0.25, 0.3) is 0 Å². The van der Waals surface area contributed by atoms with Gasteiger partial charge in [0.1, 0.15) is 6.10 Å². The minimum Gasteiger partial charge on any atom is -0.479 e. The van der Waals surface area contributed by atoms with E-state index in [4.69, 9.17) is 37.8 Å². The molecule has 0 aromatic heterocycles. The van der Waals surface area contributed by atoms with Gasteiger partial charge in [0, 0.05) is 15.6 Å².